The minimum absolute atomic E-state index is 1.04. The van der Waals surface area contributed by atoms with E-state index >= 15 is 0 Å². The highest BCUT2D eigenvalue weighted by molar-refractivity contribution is 6.18. The maximum atomic E-state index is 4.39. The fourth-order valence-electron chi connectivity index (χ4n) is 2.34. The molecule has 4 aromatic rings. The summed E-state index contributed by atoms with van der Waals surface area (Å²) in [6.07, 6.45) is 1.74. The number of rotatable bonds is 0. The second-order valence-corrected chi connectivity index (χ2v) is 3.96. The van der Waals surface area contributed by atoms with Crippen LogP contribution in [0, 0.1) is 0 Å². The first-order chi connectivity index (χ1) is 7.93. The number of hydrogen-bond donors (Lipinski definition) is 2. The number of benzene rings is 2. The molecule has 0 aliphatic rings. The second-order valence-electron chi connectivity index (χ2n) is 3.96. The van der Waals surface area contributed by atoms with Crippen molar-refractivity contribution in [3.8, 4) is 0 Å². The highest BCUT2D eigenvalue weighted by atomic mass is 14.9. The van der Waals surface area contributed by atoms with Gasteiger partial charge in [-0.05, 0) is 18.2 Å². The summed E-state index contributed by atoms with van der Waals surface area (Å²) in [5.74, 6) is 0. The fraction of sp³-hybridized carbons (Fsp3) is 0. The predicted molar refractivity (Wildman–Crippen MR) is 65.5 cm³/mol. The van der Waals surface area contributed by atoms with E-state index < -0.39 is 0 Å². The molecule has 0 radical (unpaired) electrons. The molecular weight excluding hydrogens is 198 g/mol. The Bertz CT molecular complexity index is 808. The minimum Gasteiger partial charge on any atom is -0.354 e. The molecule has 0 saturated carbocycles. The van der Waals surface area contributed by atoms with Gasteiger partial charge in [0.05, 0.1) is 17.4 Å². The number of imidazole rings is 1. The Labute approximate surface area is 91.1 Å². The maximum absolute atomic E-state index is 4.39. The average molecular weight is 207 g/mol. The summed E-state index contributed by atoms with van der Waals surface area (Å²) < 4.78 is 0. The van der Waals surface area contributed by atoms with Crippen molar-refractivity contribution in [3.05, 3.63) is 42.7 Å². The standard InChI is InChI=1S/C13H9N3/c1-2-4-9-8(3-1)12-10(16-9)5-6-11-13(12)15-7-14-11/h1-7,16H,(H,14,15). The van der Waals surface area contributed by atoms with Gasteiger partial charge in [0.25, 0.3) is 0 Å². The zero-order chi connectivity index (χ0) is 10.5. The Hall–Kier alpha value is -2.29. The molecule has 0 atom stereocenters. The van der Waals surface area contributed by atoms with Gasteiger partial charge < -0.3 is 9.97 Å². The van der Waals surface area contributed by atoms with Gasteiger partial charge in [0.2, 0.25) is 0 Å². The monoisotopic (exact) mass is 207 g/mol. The molecule has 3 heteroatoms. The van der Waals surface area contributed by atoms with Crippen LogP contribution in [0.2, 0.25) is 0 Å². The molecule has 16 heavy (non-hydrogen) atoms. The first kappa shape index (κ1) is 7.93. The molecular formula is C13H9N3. The van der Waals surface area contributed by atoms with Gasteiger partial charge in [0.15, 0.2) is 0 Å². The molecule has 2 aromatic heterocycles. The fourth-order valence-corrected chi connectivity index (χ4v) is 2.34. The SMILES string of the molecule is c1ccc2c(c1)[nH]c1ccc3[nH]cnc3c12. The third kappa shape index (κ3) is 0.852. The normalized spacial score (nSPS) is 11.8. The zero-order valence-corrected chi connectivity index (χ0v) is 8.49. The first-order valence-corrected chi connectivity index (χ1v) is 5.26. The van der Waals surface area contributed by atoms with Crippen LogP contribution in [-0.2, 0) is 0 Å². The summed E-state index contributed by atoms with van der Waals surface area (Å²) in [5.41, 5.74) is 4.42. The number of hydrogen-bond acceptors (Lipinski definition) is 1. The lowest BCUT2D eigenvalue weighted by Crippen LogP contribution is -1.72. The predicted octanol–water partition coefficient (Wildman–Crippen LogP) is 3.20. The Balaban J connectivity index is 2.42. The van der Waals surface area contributed by atoms with Crippen molar-refractivity contribution in [3.63, 3.8) is 0 Å². The van der Waals surface area contributed by atoms with Crippen LogP contribution in [0.1, 0.15) is 0 Å². The van der Waals surface area contributed by atoms with Gasteiger partial charge >= 0.3 is 0 Å². The van der Waals surface area contributed by atoms with Gasteiger partial charge in [0, 0.05) is 21.8 Å². The minimum atomic E-state index is 1.04. The summed E-state index contributed by atoms with van der Waals surface area (Å²) in [7, 11) is 0. The van der Waals surface area contributed by atoms with Gasteiger partial charge in [0.1, 0.15) is 0 Å². The van der Waals surface area contributed by atoms with Crippen molar-refractivity contribution < 1.29 is 0 Å². The van der Waals surface area contributed by atoms with Crippen LogP contribution >= 0.6 is 0 Å². The highest BCUT2D eigenvalue weighted by Gasteiger charge is 2.08. The van der Waals surface area contributed by atoms with Crippen LogP contribution in [0.25, 0.3) is 32.8 Å². The van der Waals surface area contributed by atoms with Gasteiger partial charge in [-0.25, -0.2) is 4.98 Å². The molecule has 0 spiro atoms. The first-order valence-electron chi connectivity index (χ1n) is 5.26. The van der Waals surface area contributed by atoms with Crippen LogP contribution in [-0.4, -0.2) is 15.0 Å². The lowest BCUT2D eigenvalue weighted by Gasteiger charge is -1.92. The van der Waals surface area contributed by atoms with E-state index in [-0.39, 0.29) is 0 Å². The Morgan fingerprint density at radius 1 is 0.875 bits per heavy atom. The summed E-state index contributed by atoms with van der Waals surface area (Å²) in [5, 5.41) is 2.43. The quantitative estimate of drug-likeness (QED) is 0.457. The van der Waals surface area contributed by atoms with Crippen molar-refractivity contribution >= 4 is 32.8 Å². The van der Waals surface area contributed by atoms with Crippen molar-refractivity contribution in [1.82, 2.24) is 15.0 Å². The summed E-state index contributed by atoms with van der Waals surface area (Å²) in [4.78, 5) is 10.9. The molecule has 2 heterocycles. The van der Waals surface area contributed by atoms with Crippen LogP contribution in [0.4, 0.5) is 0 Å². The van der Waals surface area contributed by atoms with E-state index in [9.17, 15) is 0 Å². The van der Waals surface area contributed by atoms with Crippen molar-refractivity contribution in [2.45, 2.75) is 0 Å². The van der Waals surface area contributed by atoms with Crippen molar-refractivity contribution in [2.75, 3.05) is 0 Å². The zero-order valence-electron chi connectivity index (χ0n) is 8.49. The molecule has 0 bridgehead atoms. The Morgan fingerprint density at radius 2 is 1.75 bits per heavy atom. The van der Waals surface area contributed by atoms with E-state index in [0.29, 0.717) is 0 Å². The van der Waals surface area contributed by atoms with Crippen molar-refractivity contribution in [1.29, 1.82) is 0 Å². The Morgan fingerprint density at radius 3 is 2.75 bits per heavy atom. The van der Waals surface area contributed by atoms with E-state index in [1.807, 2.05) is 6.07 Å². The summed E-state index contributed by atoms with van der Waals surface area (Å²) in [6.45, 7) is 0. The summed E-state index contributed by atoms with van der Waals surface area (Å²) >= 11 is 0. The van der Waals surface area contributed by atoms with E-state index in [4.69, 9.17) is 0 Å². The Kier molecular flexibility index (Phi) is 1.31. The lowest BCUT2D eigenvalue weighted by atomic mass is 10.1. The number of nitrogens with one attached hydrogen (secondary N) is 2. The van der Waals surface area contributed by atoms with Gasteiger partial charge in [-0.15, -0.1) is 0 Å². The molecule has 2 N–H and O–H groups in total. The average Bonchev–Trinajstić information content (AvgIpc) is 2.91. The van der Waals surface area contributed by atoms with Crippen LogP contribution in [0.5, 0.6) is 0 Å². The van der Waals surface area contributed by atoms with Crippen LogP contribution in [0.3, 0.4) is 0 Å². The number of aromatic amines is 2. The number of aromatic nitrogens is 3. The van der Waals surface area contributed by atoms with Gasteiger partial charge in [-0.2, -0.15) is 0 Å². The molecule has 4 rings (SSSR count). The van der Waals surface area contributed by atoms with Crippen molar-refractivity contribution in [2.24, 2.45) is 0 Å². The third-order valence-corrected chi connectivity index (χ3v) is 3.06. The number of para-hydroxylation sites is 1. The molecule has 0 aliphatic carbocycles. The molecule has 0 fully saturated rings. The molecule has 0 unspecified atom stereocenters. The number of nitrogens with zero attached hydrogens (tertiary/aromatic N) is 1. The second kappa shape index (κ2) is 2.64. The lowest BCUT2D eigenvalue weighted by molar-refractivity contribution is 1.35. The maximum Gasteiger partial charge on any atom is 0.0982 e. The smallest absolute Gasteiger partial charge is 0.0982 e. The molecule has 76 valence electrons. The summed E-state index contributed by atoms with van der Waals surface area (Å²) in [6, 6.07) is 12.5. The third-order valence-electron chi connectivity index (χ3n) is 3.06. The van der Waals surface area contributed by atoms with Crippen LogP contribution < -0.4 is 0 Å². The largest absolute Gasteiger partial charge is 0.354 e. The van der Waals surface area contributed by atoms with Gasteiger partial charge in [-0.3, -0.25) is 0 Å². The molecule has 0 saturated heterocycles. The number of fused-ring (bicyclic) bond motifs is 5. The van der Waals surface area contributed by atoms with E-state index in [1.165, 1.54) is 10.8 Å². The van der Waals surface area contributed by atoms with E-state index in [1.54, 1.807) is 6.33 Å². The molecule has 0 amide bonds. The number of H-pyrrole nitrogens is 2. The highest BCUT2D eigenvalue weighted by Crippen LogP contribution is 2.30. The van der Waals surface area contributed by atoms with E-state index in [0.717, 1.165) is 22.1 Å². The molecule has 2 aromatic carbocycles. The topological polar surface area (TPSA) is 44.5 Å². The van der Waals surface area contributed by atoms with Crippen LogP contribution in [0.15, 0.2) is 42.7 Å². The van der Waals surface area contributed by atoms with E-state index in [2.05, 4.69) is 45.3 Å². The van der Waals surface area contributed by atoms with Gasteiger partial charge in [-0.1, -0.05) is 18.2 Å². The molecule has 3 nitrogen and oxygen atoms in total. The molecule has 0 aliphatic heterocycles.